The third-order valence-corrected chi connectivity index (χ3v) is 9.88. The van der Waals surface area contributed by atoms with Crippen LogP contribution in [0.25, 0.3) is 55.7 Å². The number of pyridine rings is 3. The molecule has 1 saturated carbocycles. The minimum absolute atomic E-state index is 0. The van der Waals surface area contributed by atoms with Crippen LogP contribution < -0.4 is 0 Å². The number of benzene rings is 3. The summed E-state index contributed by atoms with van der Waals surface area (Å²) in [5, 5.41) is 1.39. The van der Waals surface area contributed by atoms with Gasteiger partial charge >= 0.3 is 0 Å². The van der Waals surface area contributed by atoms with Gasteiger partial charge in [-0.1, -0.05) is 82.0 Å². The summed E-state index contributed by atoms with van der Waals surface area (Å²) in [5.41, 5.74) is 7.61. The Morgan fingerprint density at radius 1 is 0.846 bits per heavy atom. The Labute approximate surface area is 332 Å². The summed E-state index contributed by atoms with van der Waals surface area (Å²) in [6.07, 6.45) is 6.81. The minimum Gasteiger partial charge on any atom is -0.486 e. The molecule has 1 aliphatic rings. The van der Waals surface area contributed by atoms with Crippen molar-refractivity contribution >= 4 is 22.1 Å². The summed E-state index contributed by atoms with van der Waals surface area (Å²) in [5.74, 6) is -0.649. The molecular weight excluding hydrogens is 815 g/mol. The van der Waals surface area contributed by atoms with Crippen molar-refractivity contribution in [2.45, 2.75) is 85.3 Å². The van der Waals surface area contributed by atoms with Gasteiger partial charge in [0.15, 0.2) is 0 Å². The number of rotatable bonds is 4. The Morgan fingerprint density at radius 2 is 1.65 bits per heavy atom. The molecule has 0 atom stereocenters. The largest absolute Gasteiger partial charge is 0.486 e. The normalized spacial score (nSPS) is 17.5. The molecular formula is C47H47IrN3O-2. The number of aromatic nitrogens is 3. The molecule has 8 rings (SSSR count). The first-order valence-corrected chi connectivity index (χ1v) is 17.5. The maximum absolute atomic E-state index is 9.12. The molecule has 1 radical (unpaired) electrons. The number of fused-ring (bicyclic) bond motifs is 3. The van der Waals surface area contributed by atoms with E-state index >= 15 is 0 Å². The molecule has 1 fully saturated rings. The van der Waals surface area contributed by atoms with Crippen molar-refractivity contribution in [3.63, 3.8) is 0 Å². The summed E-state index contributed by atoms with van der Waals surface area (Å²) in [4.78, 5) is 13.1. The van der Waals surface area contributed by atoms with Crippen LogP contribution in [0.3, 0.4) is 0 Å². The van der Waals surface area contributed by atoms with Gasteiger partial charge in [-0.15, -0.1) is 54.1 Å². The first kappa shape index (κ1) is 29.1. The molecule has 267 valence electrons. The molecule has 5 heteroatoms. The van der Waals surface area contributed by atoms with E-state index in [0.29, 0.717) is 33.4 Å². The predicted octanol–water partition coefficient (Wildman–Crippen LogP) is 12.7. The summed E-state index contributed by atoms with van der Waals surface area (Å²) in [7, 11) is 0. The molecule has 4 heterocycles. The maximum atomic E-state index is 9.12. The Hall–Kier alpha value is -4.44. The molecule has 3 aromatic carbocycles. The van der Waals surface area contributed by atoms with Crippen LogP contribution in [0, 0.1) is 31.3 Å². The van der Waals surface area contributed by atoms with Crippen molar-refractivity contribution in [1.29, 1.82) is 0 Å². The van der Waals surface area contributed by atoms with Gasteiger partial charge in [0.25, 0.3) is 0 Å². The standard InChI is InChI=1S/C32H31N2O.C15H16N.Ir/c1-20-19-33-29(27-7-5-6-25-26-13-8-21(2)34-31(26)35-30(25)27)18-28(20)24-11-9-22(10-12-24)23-14-16-32(3,4)17-15-23;1-15(2,3)13-9-10-16-14(11-13)12-7-5-4-6-8-12;/h5-6,8-13,18-19,23H,14-17H2,1-4H3;4-7,9-11H,1-3H3;/q2*-1;/i1D3,2D3,23D;;. The molecule has 4 aromatic heterocycles. The van der Waals surface area contributed by atoms with E-state index in [0.717, 1.165) is 47.9 Å². The van der Waals surface area contributed by atoms with Crippen molar-refractivity contribution in [1.82, 2.24) is 15.0 Å². The van der Waals surface area contributed by atoms with Gasteiger partial charge < -0.3 is 14.4 Å². The molecule has 0 spiro atoms. The van der Waals surface area contributed by atoms with E-state index in [1.54, 1.807) is 18.2 Å². The molecule has 7 aromatic rings. The fraction of sp³-hybridized carbons (Fsp3) is 0.298. The number of aryl methyl sites for hydroxylation is 2. The SMILES string of the molecule is CC(C)(C)c1ccnc(-c2[c-]cccc2)c1.[2H]C([2H])([2H])c1ccc2c(n1)oc1c(-c3cc(-c4ccc(C5([2H])CCC(C)(C)CC5)cc4)c(C([2H])([2H])[2H])cn3)[c-]ccc12.[Ir]. The second kappa shape index (κ2) is 15.3. The first-order valence-electron chi connectivity index (χ1n) is 21.0. The molecule has 52 heavy (non-hydrogen) atoms. The van der Waals surface area contributed by atoms with Crippen molar-refractivity contribution in [2.24, 2.45) is 5.41 Å². The van der Waals surface area contributed by atoms with Crippen molar-refractivity contribution in [3.8, 4) is 33.6 Å². The second-order valence-corrected chi connectivity index (χ2v) is 15.2. The Bertz CT molecular complexity index is 2570. The van der Waals surface area contributed by atoms with Crippen molar-refractivity contribution in [3.05, 3.63) is 138 Å². The zero-order chi connectivity index (χ0) is 41.7. The van der Waals surface area contributed by atoms with E-state index in [2.05, 4.69) is 73.8 Å². The smallest absolute Gasteiger partial charge is 0.216 e. The van der Waals surface area contributed by atoms with Crippen LogP contribution in [0.15, 0.2) is 108 Å². The van der Waals surface area contributed by atoms with Gasteiger partial charge in [-0.25, -0.2) is 4.98 Å². The van der Waals surface area contributed by atoms with E-state index in [1.807, 2.05) is 60.8 Å². The van der Waals surface area contributed by atoms with Gasteiger partial charge in [0.2, 0.25) is 5.71 Å². The van der Waals surface area contributed by atoms with E-state index in [1.165, 1.54) is 17.8 Å². The van der Waals surface area contributed by atoms with Gasteiger partial charge in [-0.05, 0) is 114 Å². The van der Waals surface area contributed by atoms with Crippen LogP contribution in [0.1, 0.15) is 98.2 Å². The van der Waals surface area contributed by atoms with Gasteiger partial charge in [0.1, 0.15) is 0 Å². The molecule has 0 unspecified atom stereocenters. The fourth-order valence-electron chi connectivity index (χ4n) is 6.64. The van der Waals surface area contributed by atoms with Crippen molar-refractivity contribution in [2.75, 3.05) is 0 Å². The molecule has 0 saturated heterocycles. The molecule has 1 aliphatic carbocycles. The zero-order valence-electron chi connectivity index (χ0n) is 37.2. The third-order valence-electron chi connectivity index (χ3n) is 9.88. The average Bonchev–Trinajstić information content (AvgIpc) is 3.57. The summed E-state index contributed by atoms with van der Waals surface area (Å²) in [6, 6.07) is 34.7. The van der Waals surface area contributed by atoms with Gasteiger partial charge in [-0.3, -0.25) is 0 Å². The zero-order valence-corrected chi connectivity index (χ0v) is 32.6. The maximum Gasteiger partial charge on any atom is 0.216 e. The van der Waals surface area contributed by atoms with E-state index in [4.69, 9.17) is 14.0 Å². The Morgan fingerprint density at radius 3 is 2.37 bits per heavy atom. The molecule has 0 bridgehead atoms. The molecule has 0 amide bonds. The van der Waals surface area contributed by atoms with Crippen LogP contribution in [0.5, 0.6) is 0 Å². The molecule has 0 aliphatic heterocycles. The Kier molecular flexibility index (Phi) is 8.53. The van der Waals surface area contributed by atoms with E-state index < -0.39 is 19.6 Å². The monoisotopic (exact) mass is 869 g/mol. The summed E-state index contributed by atoms with van der Waals surface area (Å²) in [6.45, 7) is 6.37. The summed E-state index contributed by atoms with van der Waals surface area (Å²) >= 11 is 0. The molecule has 0 N–H and O–H groups in total. The third kappa shape index (κ3) is 8.12. The van der Waals surface area contributed by atoms with Crippen LogP contribution in [0.4, 0.5) is 0 Å². The fourth-order valence-corrected chi connectivity index (χ4v) is 6.64. The summed E-state index contributed by atoms with van der Waals surface area (Å²) < 4.78 is 62.8. The van der Waals surface area contributed by atoms with Crippen LogP contribution in [-0.2, 0) is 25.5 Å². The van der Waals surface area contributed by atoms with E-state index in [-0.39, 0.29) is 47.9 Å². The average molecular weight is 869 g/mol. The number of hydrogen-bond donors (Lipinski definition) is 0. The van der Waals surface area contributed by atoms with Crippen LogP contribution >= 0.6 is 0 Å². The molecule has 4 nitrogen and oxygen atoms in total. The second-order valence-electron chi connectivity index (χ2n) is 15.2. The minimum atomic E-state index is -2.39. The quantitative estimate of drug-likeness (QED) is 0.165. The van der Waals surface area contributed by atoms with Crippen LogP contribution in [-0.4, -0.2) is 15.0 Å². The predicted molar refractivity (Wildman–Crippen MR) is 211 cm³/mol. The number of furan rings is 1. The van der Waals surface area contributed by atoms with Crippen molar-refractivity contribution < 1.29 is 34.1 Å². The number of hydrogen-bond acceptors (Lipinski definition) is 4. The van der Waals surface area contributed by atoms with Crippen LogP contribution in [0.2, 0.25) is 0 Å². The van der Waals surface area contributed by atoms with Gasteiger partial charge in [-0.2, -0.15) is 0 Å². The van der Waals surface area contributed by atoms with Gasteiger partial charge in [0.05, 0.1) is 5.58 Å². The Balaban J connectivity index is 0.000000289. The first-order chi connectivity index (χ1) is 27.2. The van der Waals surface area contributed by atoms with E-state index in [9.17, 15) is 0 Å². The number of nitrogens with zero attached hydrogens (tertiary/aromatic N) is 3. The topological polar surface area (TPSA) is 51.8 Å². The van der Waals surface area contributed by atoms with Gasteiger partial charge in [0, 0.05) is 53.2 Å².